The molecule has 0 spiro atoms. The first kappa shape index (κ1) is 11.5. The van der Waals surface area contributed by atoms with Gasteiger partial charge in [0.2, 0.25) is 5.88 Å². The highest BCUT2D eigenvalue weighted by Crippen LogP contribution is 2.33. The van der Waals surface area contributed by atoms with Crippen molar-refractivity contribution in [2.75, 3.05) is 14.2 Å². The molecule has 0 aliphatic rings. The molecule has 0 amide bonds. The zero-order valence-electron chi connectivity index (χ0n) is 10.6. The minimum absolute atomic E-state index is 0.261. The zero-order chi connectivity index (χ0) is 13.2. The number of ether oxygens (including phenoxy) is 2. The van der Waals surface area contributed by atoms with E-state index in [1.165, 1.54) is 7.11 Å². The maximum atomic E-state index is 5.77. The maximum absolute atomic E-state index is 5.77. The van der Waals surface area contributed by atoms with Gasteiger partial charge in [-0.1, -0.05) is 18.2 Å². The van der Waals surface area contributed by atoms with Gasteiger partial charge in [0.15, 0.2) is 0 Å². The van der Waals surface area contributed by atoms with Gasteiger partial charge >= 0.3 is 6.01 Å². The average molecular weight is 256 g/mol. The second-order valence-corrected chi connectivity index (χ2v) is 3.93. The first-order valence-corrected chi connectivity index (χ1v) is 5.76. The summed E-state index contributed by atoms with van der Waals surface area (Å²) >= 11 is 0. The summed E-state index contributed by atoms with van der Waals surface area (Å²) < 4.78 is 16.0. The summed E-state index contributed by atoms with van der Waals surface area (Å²) in [5.41, 5.74) is 1.51. The third-order valence-electron chi connectivity index (χ3n) is 2.80. The zero-order valence-corrected chi connectivity index (χ0v) is 10.6. The first-order valence-electron chi connectivity index (χ1n) is 5.76. The van der Waals surface area contributed by atoms with Crippen molar-refractivity contribution in [3.63, 3.8) is 0 Å². The van der Waals surface area contributed by atoms with E-state index in [-0.39, 0.29) is 6.01 Å². The molecule has 2 aromatic heterocycles. The van der Waals surface area contributed by atoms with Crippen molar-refractivity contribution >= 4 is 11.0 Å². The van der Waals surface area contributed by atoms with Crippen LogP contribution in [0.5, 0.6) is 11.9 Å². The van der Waals surface area contributed by atoms with Crippen LogP contribution in [0.1, 0.15) is 0 Å². The molecule has 0 aliphatic carbocycles. The Morgan fingerprint density at radius 2 is 1.95 bits per heavy atom. The lowest BCUT2D eigenvalue weighted by atomic mass is 10.2. The number of methoxy groups -OCH3 is 2. The van der Waals surface area contributed by atoms with E-state index in [9.17, 15) is 0 Å². The first-order chi connectivity index (χ1) is 9.31. The van der Waals surface area contributed by atoms with Gasteiger partial charge in [-0.3, -0.25) is 0 Å². The van der Waals surface area contributed by atoms with Gasteiger partial charge in [-0.15, -0.1) is 0 Å². The molecule has 0 radical (unpaired) electrons. The van der Waals surface area contributed by atoms with Crippen LogP contribution in [-0.4, -0.2) is 24.2 Å². The Balaban J connectivity index is 2.15. The van der Waals surface area contributed by atoms with Crippen molar-refractivity contribution in [3.05, 3.63) is 36.5 Å². The Morgan fingerprint density at radius 1 is 1.11 bits per heavy atom. The number of para-hydroxylation sites is 1. The van der Waals surface area contributed by atoms with E-state index < -0.39 is 0 Å². The molecule has 0 aliphatic heterocycles. The van der Waals surface area contributed by atoms with Gasteiger partial charge in [-0.05, 0) is 12.1 Å². The molecule has 0 bridgehead atoms. The smallest absolute Gasteiger partial charge is 0.319 e. The highest BCUT2D eigenvalue weighted by Gasteiger charge is 2.14. The predicted molar refractivity (Wildman–Crippen MR) is 70.3 cm³/mol. The molecule has 0 atom stereocenters. The molecular weight excluding hydrogens is 244 g/mol. The molecule has 2 heterocycles. The number of aromatic nitrogens is 2. The SMILES string of the molecule is COc1ncc(-c2cc3ccccc3o2)c(OC)n1. The molecule has 0 saturated heterocycles. The molecule has 5 nitrogen and oxygen atoms in total. The number of fused-ring (bicyclic) bond motifs is 1. The standard InChI is InChI=1S/C14H12N2O3/c1-17-13-10(8-15-14(16-13)18-2)12-7-9-5-3-4-6-11(9)19-12/h3-8H,1-2H3. The third-order valence-corrected chi connectivity index (χ3v) is 2.80. The molecule has 96 valence electrons. The van der Waals surface area contributed by atoms with Crippen LogP contribution >= 0.6 is 0 Å². The van der Waals surface area contributed by atoms with Crippen LogP contribution in [0.15, 0.2) is 40.9 Å². The lowest BCUT2D eigenvalue weighted by molar-refractivity contribution is 0.352. The molecular formula is C14H12N2O3. The van der Waals surface area contributed by atoms with Gasteiger partial charge in [0.25, 0.3) is 0 Å². The Labute approximate surface area is 109 Å². The van der Waals surface area contributed by atoms with E-state index in [0.717, 1.165) is 11.0 Å². The average Bonchev–Trinajstić information content (AvgIpc) is 2.90. The van der Waals surface area contributed by atoms with Crippen molar-refractivity contribution in [3.8, 4) is 23.2 Å². The lowest BCUT2D eigenvalue weighted by Crippen LogP contribution is -1.97. The van der Waals surface area contributed by atoms with Gasteiger partial charge in [-0.25, -0.2) is 4.98 Å². The summed E-state index contributed by atoms with van der Waals surface area (Å²) in [6, 6.07) is 9.98. The minimum Gasteiger partial charge on any atom is -0.480 e. The molecule has 3 rings (SSSR count). The van der Waals surface area contributed by atoms with Crippen LogP contribution in [0.3, 0.4) is 0 Å². The molecule has 0 unspecified atom stereocenters. The summed E-state index contributed by atoms with van der Waals surface area (Å²) in [6.45, 7) is 0. The van der Waals surface area contributed by atoms with Crippen LogP contribution < -0.4 is 9.47 Å². The monoisotopic (exact) mass is 256 g/mol. The topological polar surface area (TPSA) is 57.4 Å². The maximum Gasteiger partial charge on any atom is 0.319 e. The van der Waals surface area contributed by atoms with Gasteiger partial charge in [0.05, 0.1) is 19.8 Å². The van der Waals surface area contributed by atoms with Crippen molar-refractivity contribution < 1.29 is 13.9 Å². The quantitative estimate of drug-likeness (QED) is 0.721. The second-order valence-electron chi connectivity index (χ2n) is 3.93. The van der Waals surface area contributed by atoms with Crippen molar-refractivity contribution in [1.82, 2.24) is 9.97 Å². The van der Waals surface area contributed by atoms with Crippen LogP contribution in [0.2, 0.25) is 0 Å². The van der Waals surface area contributed by atoms with E-state index in [1.54, 1.807) is 13.3 Å². The minimum atomic E-state index is 0.261. The number of rotatable bonds is 3. The summed E-state index contributed by atoms with van der Waals surface area (Å²) in [6.07, 6.45) is 1.63. The van der Waals surface area contributed by atoms with Crippen molar-refractivity contribution in [1.29, 1.82) is 0 Å². The number of furan rings is 1. The summed E-state index contributed by atoms with van der Waals surface area (Å²) in [5, 5.41) is 1.02. The van der Waals surface area contributed by atoms with Crippen LogP contribution in [-0.2, 0) is 0 Å². The van der Waals surface area contributed by atoms with Crippen LogP contribution in [0, 0.1) is 0 Å². The lowest BCUT2D eigenvalue weighted by Gasteiger charge is -2.05. The summed E-state index contributed by atoms with van der Waals surface area (Å²) in [4.78, 5) is 8.22. The molecule has 0 N–H and O–H groups in total. The van der Waals surface area contributed by atoms with E-state index in [4.69, 9.17) is 13.9 Å². The van der Waals surface area contributed by atoms with Crippen molar-refractivity contribution in [2.45, 2.75) is 0 Å². The number of hydrogen-bond acceptors (Lipinski definition) is 5. The van der Waals surface area contributed by atoms with Gasteiger partial charge in [-0.2, -0.15) is 4.98 Å². The van der Waals surface area contributed by atoms with Crippen LogP contribution in [0.4, 0.5) is 0 Å². The highest BCUT2D eigenvalue weighted by molar-refractivity contribution is 5.83. The summed E-state index contributed by atoms with van der Waals surface area (Å²) in [7, 11) is 3.06. The molecule has 1 aromatic carbocycles. The Morgan fingerprint density at radius 3 is 2.68 bits per heavy atom. The third kappa shape index (κ3) is 1.99. The Bertz CT molecular complexity index is 689. The van der Waals surface area contributed by atoms with E-state index >= 15 is 0 Å². The van der Waals surface area contributed by atoms with Gasteiger partial charge < -0.3 is 13.9 Å². The van der Waals surface area contributed by atoms with E-state index in [0.29, 0.717) is 17.2 Å². The van der Waals surface area contributed by atoms with E-state index in [2.05, 4.69) is 9.97 Å². The molecule has 0 fully saturated rings. The second kappa shape index (κ2) is 4.61. The normalized spacial score (nSPS) is 10.6. The summed E-state index contributed by atoms with van der Waals surface area (Å²) in [5.74, 6) is 1.09. The fourth-order valence-corrected chi connectivity index (χ4v) is 1.89. The Kier molecular flexibility index (Phi) is 2.79. The highest BCUT2D eigenvalue weighted by atomic mass is 16.5. The molecule has 3 aromatic rings. The molecule has 19 heavy (non-hydrogen) atoms. The van der Waals surface area contributed by atoms with Gasteiger partial charge in [0, 0.05) is 11.6 Å². The van der Waals surface area contributed by atoms with E-state index in [1.807, 2.05) is 30.3 Å². The largest absolute Gasteiger partial charge is 0.480 e. The van der Waals surface area contributed by atoms with Crippen molar-refractivity contribution in [2.24, 2.45) is 0 Å². The fourth-order valence-electron chi connectivity index (χ4n) is 1.89. The number of benzene rings is 1. The predicted octanol–water partition coefficient (Wildman–Crippen LogP) is 2.91. The number of hydrogen-bond donors (Lipinski definition) is 0. The van der Waals surface area contributed by atoms with Gasteiger partial charge in [0.1, 0.15) is 11.3 Å². The molecule has 0 saturated carbocycles. The van der Waals surface area contributed by atoms with Crippen LogP contribution in [0.25, 0.3) is 22.3 Å². The number of nitrogens with zero attached hydrogens (tertiary/aromatic N) is 2. The Hall–Kier alpha value is -2.56. The molecule has 5 heteroatoms. The fraction of sp³-hybridized carbons (Fsp3) is 0.143.